The second kappa shape index (κ2) is 17.2. The SMILES string of the molecule is CC(=O)OCC1=C(C(=O)O)N2C(=O)[C@@H](NC(=O)CC#N)[C@H]2SC1.CC(=O)OCC1=C(C(=O)O)N2C(=O)[C@@H](NC(=O)CSc3ccncc3)[C@H]2SC1. The fourth-order valence-electron chi connectivity index (χ4n) is 5.06. The Morgan fingerprint density at radius 2 is 1.31 bits per heavy atom. The summed E-state index contributed by atoms with van der Waals surface area (Å²) in [6.45, 7) is 2.05. The van der Waals surface area contributed by atoms with Gasteiger partial charge in [0.15, 0.2) is 0 Å². The summed E-state index contributed by atoms with van der Waals surface area (Å²) in [6, 6.07) is 3.59. The molecule has 0 radical (unpaired) electrons. The van der Waals surface area contributed by atoms with Gasteiger partial charge in [-0.25, -0.2) is 9.59 Å². The van der Waals surface area contributed by atoms with Gasteiger partial charge in [-0.05, 0) is 12.1 Å². The number of thioether (sulfide) groups is 3. The molecular weight excluding hydrogens is 733 g/mol. The van der Waals surface area contributed by atoms with E-state index in [1.54, 1.807) is 30.6 Å². The molecule has 0 bridgehead atoms. The van der Waals surface area contributed by atoms with Crippen molar-refractivity contribution in [1.82, 2.24) is 25.4 Å². The number of aliphatic carboxylic acids is 2. The van der Waals surface area contributed by atoms with Gasteiger partial charge in [0.1, 0.15) is 53.9 Å². The van der Waals surface area contributed by atoms with Crippen LogP contribution in [0.5, 0.6) is 0 Å². The molecule has 4 aliphatic heterocycles. The largest absolute Gasteiger partial charge is 0.477 e. The lowest BCUT2D eigenvalue weighted by Gasteiger charge is -2.49. The lowest BCUT2D eigenvalue weighted by molar-refractivity contribution is -0.150. The lowest BCUT2D eigenvalue weighted by Crippen LogP contribution is -2.70. The number of ether oxygens (including phenoxy) is 2. The molecule has 270 valence electrons. The molecule has 0 spiro atoms. The predicted molar refractivity (Wildman–Crippen MR) is 178 cm³/mol. The van der Waals surface area contributed by atoms with Gasteiger partial charge in [-0.1, -0.05) is 0 Å². The smallest absolute Gasteiger partial charge is 0.352 e. The molecule has 4 aliphatic rings. The molecule has 0 aliphatic carbocycles. The molecule has 0 unspecified atom stereocenters. The summed E-state index contributed by atoms with van der Waals surface area (Å²) in [7, 11) is 0. The molecule has 5 rings (SSSR count). The second-order valence-electron chi connectivity index (χ2n) is 10.8. The minimum Gasteiger partial charge on any atom is -0.477 e. The van der Waals surface area contributed by atoms with Crippen LogP contribution in [0.25, 0.3) is 0 Å². The van der Waals surface area contributed by atoms with Crippen LogP contribution in [-0.2, 0) is 47.8 Å². The number of hydrogen-bond donors (Lipinski definition) is 4. The molecule has 21 heteroatoms. The normalized spacial score (nSPS) is 21.7. The Balaban J connectivity index is 0.000000233. The molecule has 4 amide bonds. The van der Waals surface area contributed by atoms with Gasteiger partial charge in [-0.2, -0.15) is 5.26 Å². The first-order valence-corrected chi connectivity index (χ1v) is 17.9. The van der Waals surface area contributed by atoms with Crippen molar-refractivity contribution in [3.05, 3.63) is 47.1 Å². The number of pyridine rings is 1. The van der Waals surface area contributed by atoms with Gasteiger partial charge in [0.25, 0.3) is 11.8 Å². The average Bonchev–Trinajstić information content (AvgIpc) is 3.09. The fraction of sp³-hybridized carbons (Fsp3) is 0.400. The zero-order chi connectivity index (χ0) is 37.4. The Morgan fingerprint density at radius 3 is 1.73 bits per heavy atom. The number of amides is 4. The number of rotatable bonds is 12. The van der Waals surface area contributed by atoms with Crippen molar-refractivity contribution in [2.45, 2.75) is 48.0 Å². The Kier molecular flexibility index (Phi) is 13.1. The molecule has 0 aromatic carbocycles. The number of β-lactam (4-membered cyclic amide) rings is 2. The third-order valence-electron chi connectivity index (χ3n) is 7.29. The van der Waals surface area contributed by atoms with Crippen molar-refractivity contribution in [2.24, 2.45) is 0 Å². The van der Waals surface area contributed by atoms with Gasteiger partial charge in [-0.3, -0.25) is 43.6 Å². The van der Waals surface area contributed by atoms with Gasteiger partial charge in [0, 0.05) is 53.8 Å². The number of carboxylic acid groups (broad SMARTS) is 2. The van der Waals surface area contributed by atoms with Crippen molar-refractivity contribution >= 4 is 82.8 Å². The van der Waals surface area contributed by atoms with E-state index in [1.807, 2.05) is 0 Å². The Morgan fingerprint density at radius 1 is 0.863 bits per heavy atom. The summed E-state index contributed by atoms with van der Waals surface area (Å²) in [4.78, 5) is 100. The first kappa shape index (κ1) is 38.7. The van der Waals surface area contributed by atoms with Gasteiger partial charge < -0.3 is 30.3 Å². The van der Waals surface area contributed by atoms with Crippen LogP contribution in [0.15, 0.2) is 52.0 Å². The molecule has 2 saturated heterocycles. The number of carbonyl (C=O) groups excluding carboxylic acids is 6. The van der Waals surface area contributed by atoms with E-state index >= 15 is 0 Å². The monoisotopic (exact) mass is 762 g/mol. The highest BCUT2D eigenvalue weighted by Gasteiger charge is 2.55. The van der Waals surface area contributed by atoms with Crippen molar-refractivity contribution in [2.75, 3.05) is 30.5 Å². The van der Waals surface area contributed by atoms with Crippen LogP contribution in [0.2, 0.25) is 0 Å². The zero-order valence-corrected chi connectivity index (χ0v) is 29.3. The zero-order valence-electron chi connectivity index (χ0n) is 26.9. The highest BCUT2D eigenvalue weighted by molar-refractivity contribution is 8.00. The van der Waals surface area contributed by atoms with E-state index in [-0.39, 0.29) is 48.4 Å². The first-order valence-electron chi connectivity index (χ1n) is 14.8. The van der Waals surface area contributed by atoms with E-state index in [2.05, 4.69) is 15.6 Å². The Bertz CT molecular complexity index is 1750. The molecule has 4 N–H and O–H groups in total. The van der Waals surface area contributed by atoms with Crippen molar-refractivity contribution in [3.63, 3.8) is 0 Å². The van der Waals surface area contributed by atoms with Crippen LogP contribution in [0.1, 0.15) is 20.3 Å². The first-order chi connectivity index (χ1) is 24.2. The second-order valence-corrected chi connectivity index (χ2v) is 14.1. The molecular formula is C30H30N6O12S3. The summed E-state index contributed by atoms with van der Waals surface area (Å²) in [5.41, 5.74) is 0.289. The minimum atomic E-state index is -1.30. The minimum absolute atomic E-state index is 0.129. The third kappa shape index (κ3) is 9.19. The average molecular weight is 763 g/mol. The van der Waals surface area contributed by atoms with Crippen molar-refractivity contribution < 1.29 is 58.0 Å². The van der Waals surface area contributed by atoms with Crippen molar-refractivity contribution in [3.8, 4) is 6.07 Å². The molecule has 4 atom stereocenters. The van der Waals surface area contributed by atoms with E-state index in [0.29, 0.717) is 16.9 Å². The standard InChI is InChI=1S/C17H17N3O6S2.C13H13N3O6S/c1-9(21)26-6-10-7-28-16-13(15(23)20(16)14(10)17(24)25)19-12(22)8-27-11-2-4-18-5-3-11;1-6(17)22-4-7-5-23-12-9(15-8(18)2-3-14)11(19)16(12)10(7)13(20)21/h2-5,13,16H,6-8H2,1H3,(H,19,22)(H,24,25);9,12H,2,4-5H2,1H3,(H,15,18)(H,20,21)/t13-,16-;9-,12-/m11/s1. The summed E-state index contributed by atoms with van der Waals surface area (Å²) in [5.74, 6) is -4.92. The summed E-state index contributed by atoms with van der Waals surface area (Å²) >= 11 is 3.90. The number of fused-ring (bicyclic) bond motifs is 2. The van der Waals surface area contributed by atoms with E-state index in [4.69, 9.17) is 14.7 Å². The van der Waals surface area contributed by atoms with Gasteiger partial charge >= 0.3 is 23.9 Å². The maximum atomic E-state index is 12.5. The van der Waals surface area contributed by atoms with Crippen LogP contribution < -0.4 is 10.6 Å². The summed E-state index contributed by atoms with van der Waals surface area (Å²) in [5, 5.41) is 31.3. The molecule has 2 fully saturated rings. The van der Waals surface area contributed by atoms with Crippen LogP contribution in [0.4, 0.5) is 0 Å². The van der Waals surface area contributed by atoms with E-state index in [9.17, 15) is 48.6 Å². The quantitative estimate of drug-likeness (QED) is 0.121. The number of esters is 2. The number of carboxylic acids is 2. The predicted octanol–water partition coefficient (Wildman–Crippen LogP) is -0.323. The van der Waals surface area contributed by atoms with E-state index < -0.39 is 64.4 Å². The Labute approximate surface area is 302 Å². The maximum absolute atomic E-state index is 12.5. The van der Waals surface area contributed by atoms with E-state index in [1.165, 1.54) is 49.1 Å². The fourth-order valence-corrected chi connectivity index (χ4v) is 8.41. The van der Waals surface area contributed by atoms with Gasteiger partial charge in [-0.15, -0.1) is 35.3 Å². The highest BCUT2D eigenvalue weighted by atomic mass is 32.2. The third-order valence-corrected chi connectivity index (χ3v) is 11.0. The van der Waals surface area contributed by atoms with Gasteiger partial charge in [0.05, 0.1) is 11.8 Å². The molecule has 51 heavy (non-hydrogen) atoms. The lowest BCUT2D eigenvalue weighted by atomic mass is 10.0. The van der Waals surface area contributed by atoms with Gasteiger partial charge in [0.2, 0.25) is 11.8 Å². The molecule has 1 aromatic rings. The summed E-state index contributed by atoms with van der Waals surface area (Å²) < 4.78 is 9.69. The van der Waals surface area contributed by atoms with Crippen molar-refractivity contribution in [1.29, 1.82) is 5.26 Å². The number of aromatic nitrogens is 1. The van der Waals surface area contributed by atoms with Crippen LogP contribution in [0.3, 0.4) is 0 Å². The Hall–Kier alpha value is -5.07. The molecule has 1 aromatic heterocycles. The number of nitrogens with zero attached hydrogens (tertiary/aromatic N) is 4. The van der Waals surface area contributed by atoms with Crippen LogP contribution in [0, 0.1) is 11.3 Å². The number of hydrogen-bond acceptors (Lipinski definition) is 15. The molecule has 5 heterocycles. The van der Waals surface area contributed by atoms with Crippen LogP contribution in [-0.4, -0.2) is 126 Å². The number of carbonyl (C=O) groups is 8. The topological polar surface area (TPSA) is 263 Å². The maximum Gasteiger partial charge on any atom is 0.352 e. The number of nitrogens with one attached hydrogen (secondary N) is 2. The van der Waals surface area contributed by atoms with Crippen LogP contribution >= 0.6 is 35.3 Å². The molecule has 0 saturated carbocycles. The number of nitriles is 1. The highest BCUT2D eigenvalue weighted by Crippen LogP contribution is 2.41. The summed E-state index contributed by atoms with van der Waals surface area (Å²) in [6.07, 6.45) is 2.87. The van der Waals surface area contributed by atoms with E-state index in [0.717, 1.165) is 14.7 Å². The molecule has 18 nitrogen and oxygen atoms in total.